The van der Waals surface area contributed by atoms with Gasteiger partial charge in [-0.15, -0.1) is 0 Å². The monoisotopic (exact) mass is 223 g/mol. The molecule has 16 heavy (non-hydrogen) atoms. The summed E-state index contributed by atoms with van der Waals surface area (Å²) in [5, 5.41) is 0. The van der Waals surface area contributed by atoms with Crippen LogP contribution in [0.2, 0.25) is 0 Å². The number of carbonyl (C=O) groups excluding carboxylic acids is 2. The van der Waals surface area contributed by atoms with Crippen molar-refractivity contribution in [1.82, 2.24) is 0 Å². The molecule has 5 heteroatoms. The van der Waals surface area contributed by atoms with Crippen molar-refractivity contribution in [2.45, 2.75) is 6.92 Å². The summed E-state index contributed by atoms with van der Waals surface area (Å²) in [6.45, 7) is 1.59. The minimum atomic E-state index is -0.567. The lowest BCUT2D eigenvalue weighted by Crippen LogP contribution is -2.20. The fourth-order valence-corrected chi connectivity index (χ4v) is 1.15. The van der Waals surface area contributed by atoms with Crippen LogP contribution in [0.15, 0.2) is 18.2 Å². The van der Waals surface area contributed by atoms with E-state index >= 15 is 0 Å². The number of carbonyl (C=O) groups is 2. The van der Waals surface area contributed by atoms with Crippen LogP contribution in [0.5, 0.6) is 5.75 Å². The predicted molar refractivity (Wildman–Crippen MR) is 57.2 cm³/mol. The molecule has 86 valence electrons. The van der Waals surface area contributed by atoms with Crippen molar-refractivity contribution in [3.8, 4) is 5.75 Å². The number of rotatable bonds is 4. The van der Waals surface area contributed by atoms with Crippen LogP contribution in [-0.4, -0.2) is 25.6 Å². The summed E-state index contributed by atoms with van der Waals surface area (Å²) in [5.74, 6) is -0.575. The molecule has 0 atom stereocenters. The number of aryl methyl sites for hydroxylation is 1. The summed E-state index contributed by atoms with van der Waals surface area (Å²) in [5.41, 5.74) is 6.14. The van der Waals surface area contributed by atoms with Gasteiger partial charge in [-0.25, -0.2) is 4.79 Å². The van der Waals surface area contributed by atoms with Crippen LogP contribution in [0.1, 0.15) is 15.9 Å². The molecule has 1 aromatic rings. The van der Waals surface area contributed by atoms with Crippen LogP contribution in [0, 0.1) is 6.92 Å². The minimum absolute atomic E-state index is 0.217. The topological polar surface area (TPSA) is 78.6 Å². The van der Waals surface area contributed by atoms with Crippen molar-refractivity contribution in [2.24, 2.45) is 5.73 Å². The van der Waals surface area contributed by atoms with E-state index in [9.17, 15) is 9.59 Å². The first kappa shape index (κ1) is 12.0. The van der Waals surface area contributed by atoms with Gasteiger partial charge in [0.25, 0.3) is 5.91 Å². The second-order valence-electron chi connectivity index (χ2n) is 3.23. The van der Waals surface area contributed by atoms with Gasteiger partial charge >= 0.3 is 5.97 Å². The fraction of sp³-hybridized carbons (Fsp3) is 0.273. The molecule has 1 rings (SSSR count). The number of esters is 1. The fourth-order valence-electron chi connectivity index (χ4n) is 1.15. The average molecular weight is 223 g/mol. The Bertz CT molecular complexity index is 414. The van der Waals surface area contributed by atoms with E-state index in [1.54, 1.807) is 19.1 Å². The molecule has 1 aromatic carbocycles. The molecule has 0 fully saturated rings. The quantitative estimate of drug-likeness (QED) is 0.760. The third-order valence-electron chi connectivity index (χ3n) is 1.98. The van der Waals surface area contributed by atoms with Gasteiger partial charge in [0, 0.05) is 0 Å². The molecule has 0 radical (unpaired) electrons. The number of benzene rings is 1. The molecule has 0 saturated heterocycles. The number of ether oxygens (including phenoxy) is 2. The van der Waals surface area contributed by atoms with E-state index in [2.05, 4.69) is 4.74 Å². The molecule has 0 aliphatic heterocycles. The van der Waals surface area contributed by atoms with E-state index in [0.717, 1.165) is 5.56 Å². The number of hydrogen-bond donors (Lipinski definition) is 1. The Labute approximate surface area is 93.1 Å². The maximum absolute atomic E-state index is 11.2. The molecular formula is C11H13NO4. The van der Waals surface area contributed by atoms with Gasteiger partial charge in [0.05, 0.1) is 12.7 Å². The summed E-state index contributed by atoms with van der Waals surface area (Å²) < 4.78 is 9.72. The van der Waals surface area contributed by atoms with Crippen molar-refractivity contribution >= 4 is 11.9 Å². The molecule has 5 nitrogen and oxygen atoms in total. The molecule has 0 heterocycles. The zero-order valence-corrected chi connectivity index (χ0v) is 9.15. The first-order valence-corrected chi connectivity index (χ1v) is 4.64. The van der Waals surface area contributed by atoms with Crippen LogP contribution in [0.3, 0.4) is 0 Å². The van der Waals surface area contributed by atoms with Gasteiger partial charge in [0.2, 0.25) is 0 Å². The van der Waals surface area contributed by atoms with Crippen molar-refractivity contribution in [3.05, 3.63) is 29.3 Å². The number of nitrogens with two attached hydrogens (primary N) is 1. The predicted octanol–water partition coefficient (Wildman–Crippen LogP) is 0.646. The standard InChI is InChI=1S/C11H13NO4/c1-7-3-4-8(11(14)15-2)5-9(7)16-6-10(12)13/h3-5H,6H2,1-2H3,(H2,12,13). The maximum atomic E-state index is 11.2. The molecule has 0 aliphatic carbocycles. The van der Waals surface area contributed by atoms with E-state index in [0.29, 0.717) is 11.3 Å². The lowest BCUT2D eigenvalue weighted by atomic mass is 10.1. The number of amides is 1. The van der Waals surface area contributed by atoms with Crippen LogP contribution in [0.25, 0.3) is 0 Å². The molecule has 0 spiro atoms. The van der Waals surface area contributed by atoms with Gasteiger partial charge in [0.1, 0.15) is 5.75 Å². The summed E-state index contributed by atoms with van der Waals surface area (Å²) in [6, 6.07) is 4.85. The average Bonchev–Trinajstić information content (AvgIpc) is 2.26. The number of primary amides is 1. The van der Waals surface area contributed by atoms with Crippen LogP contribution in [-0.2, 0) is 9.53 Å². The highest BCUT2D eigenvalue weighted by atomic mass is 16.5. The maximum Gasteiger partial charge on any atom is 0.337 e. The molecule has 2 N–H and O–H groups in total. The first-order valence-electron chi connectivity index (χ1n) is 4.64. The van der Waals surface area contributed by atoms with Gasteiger partial charge in [0.15, 0.2) is 6.61 Å². The molecule has 0 aliphatic rings. The van der Waals surface area contributed by atoms with Gasteiger partial charge in [-0.05, 0) is 24.6 Å². The van der Waals surface area contributed by atoms with Crippen LogP contribution in [0.4, 0.5) is 0 Å². The summed E-state index contributed by atoms with van der Waals surface area (Å²) >= 11 is 0. The zero-order valence-electron chi connectivity index (χ0n) is 9.15. The van der Waals surface area contributed by atoms with Gasteiger partial charge in [-0.1, -0.05) is 6.07 Å². The summed E-state index contributed by atoms with van der Waals surface area (Å²) in [4.78, 5) is 21.8. The van der Waals surface area contributed by atoms with Crippen LogP contribution < -0.4 is 10.5 Å². The van der Waals surface area contributed by atoms with E-state index < -0.39 is 11.9 Å². The highest BCUT2D eigenvalue weighted by Gasteiger charge is 2.09. The smallest absolute Gasteiger partial charge is 0.337 e. The van der Waals surface area contributed by atoms with Crippen molar-refractivity contribution in [3.63, 3.8) is 0 Å². The highest BCUT2D eigenvalue weighted by Crippen LogP contribution is 2.19. The Morgan fingerprint density at radius 2 is 2.06 bits per heavy atom. The Morgan fingerprint density at radius 3 is 2.62 bits per heavy atom. The third-order valence-corrected chi connectivity index (χ3v) is 1.98. The zero-order chi connectivity index (χ0) is 12.1. The third kappa shape index (κ3) is 2.98. The largest absolute Gasteiger partial charge is 0.483 e. The Morgan fingerprint density at radius 1 is 1.38 bits per heavy atom. The normalized spacial score (nSPS) is 9.62. The van der Waals surface area contributed by atoms with E-state index in [1.807, 2.05) is 0 Å². The minimum Gasteiger partial charge on any atom is -0.483 e. The molecule has 0 bridgehead atoms. The van der Waals surface area contributed by atoms with E-state index in [-0.39, 0.29) is 6.61 Å². The van der Waals surface area contributed by atoms with E-state index in [1.165, 1.54) is 13.2 Å². The summed E-state index contributed by atoms with van der Waals surface area (Å²) in [6.07, 6.45) is 0. The van der Waals surface area contributed by atoms with E-state index in [4.69, 9.17) is 10.5 Å². The second-order valence-corrected chi connectivity index (χ2v) is 3.23. The van der Waals surface area contributed by atoms with Crippen molar-refractivity contribution in [1.29, 1.82) is 0 Å². The first-order chi connectivity index (χ1) is 7.54. The summed E-state index contributed by atoms with van der Waals surface area (Å²) in [7, 11) is 1.30. The Kier molecular flexibility index (Phi) is 3.88. The van der Waals surface area contributed by atoms with Gasteiger partial charge in [-0.2, -0.15) is 0 Å². The number of methoxy groups -OCH3 is 1. The molecule has 0 saturated carbocycles. The van der Waals surface area contributed by atoms with Crippen molar-refractivity contribution in [2.75, 3.05) is 13.7 Å². The highest BCUT2D eigenvalue weighted by molar-refractivity contribution is 5.90. The molecule has 1 amide bonds. The van der Waals surface area contributed by atoms with Crippen LogP contribution >= 0.6 is 0 Å². The molecule has 0 unspecified atom stereocenters. The molecule has 0 aromatic heterocycles. The lowest BCUT2D eigenvalue weighted by Gasteiger charge is -2.08. The molecular weight excluding hydrogens is 210 g/mol. The van der Waals surface area contributed by atoms with Gasteiger partial charge in [-0.3, -0.25) is 4.79 Å². The second kappa shape index (κ2) is 5.16. The van der Waals surface area contributed by atoms with Gasteiger partial charge < -0.3 is 15.2 Å². The Balaban J connectivity index is 2.90. The number of hydrogen-bond acceptors (Lipinski definition) is 4. The SMILES string of the molecule is COC(=O)c1ccc(C)c(OCC(N)=O)c1. The lowest BCUT2D eigenvalue weighted by molar-refractivity contribution is -0.119. The Hall–Kier alpha value is -2.04. The van der Waals surface area contributed by atoms with Crippen molar-refractivity contribution < 1.29 is 19.1 Å².